The van der Waals surface area contributed by atoms with Gasteiger partial charge in [-0.3, -0.25) is 0 Å². The molecule has 1 aliphatic heterocycles. The van der Waals surface area contributed by atoms with E-state index in [9.17, 15) is 0 Å². The third-order valence-corrected chi connectivity index (χ3v) is 2.28. The van der Waals surface area contributed by atoms with Crippen LogP contribution in [0.5, 0.6) is 0 Å². The van der Waals surface area contributed by atoms with Crippen LogP contribution in [0.3, 0.4) is 0 Å². The molecule has 1 fully saturated rings. The van der Waals surface area contributed by atoms with E-state index in [2.05, 4.69) is 12.2 Å². The molecule has 0 amide bonds. The maximum Gasteiger partial charge on any atom is 0.0700 e. The molecule has 0 aromatic heterocycles. The third kappa shape index (κ3) is 4.60. The average Bonchev–Trinajstić information content (AvgIpc) is 2.57. The van der Waals surface area contributed by atoms with E-state index in [1.165, 1.54) is 12.8 Å². The Kier molecular flexibility index (Phi) is 5.35. The molecule has 3 heteroatoms. The molecule has 0 spiro atoms. The lowest BCUT2D eigenvalue weighted by Gasteiger charge is -2.14. The molecule has 78 valence electrons. The van der Waals surface area contributed by atoms with Gasteiger partial charge in [0, 0.05) is 26.3 Å². The van der Waals surface area contributed by atoms with E-state index in [1.807, 2.05) is 6.92 Å². The first kappa shape index (κ1) is 11.0. The second kappa shape index (κ2) is 6.35. The molecule has 13 heavy (non-hydrogen) atoms. The van der Waals surface area contributed by atoms with Gasteiger partial charge in [-0.25, -0.2) is 0 Å². The predicted molar refractivity (Wildman–Crippen MR) is 52.9 cm³/mol. The maximum absolute atomic E-state index is 5.49. The van der Waals surface area contributed by atoms with E-state index in [-0.39, 0.29) is 0 Å². The summed E-state index contributed by atoms with van der Waals surface area (Å²) in [5.74, 6) is 0. The summed E-state index contributed by atoms with van der Waals surface area (Å²) < 4.78 is 10.9. The Bertz CT molecular complexity index is 124. The van der Waals surface area contributed by atoms with Crippen molar-refractivity contribution in [1.82, 2.24) is 5.32 Å². The number of ether oxygens (including phenoxy) is 2. The number of rotatable bonds is 6. The molecular weight excluding hydrogens is 166 g/mol. The van der Waals surface area contributed by atoms with Gasteiger partial charge in [0.2, 0.25) is 0 Å². The van der Waals surface area contributed by atoms with Crippen LogP contribution in [0.4, 0.5) is 0 Å². The number of hydrogen-bond acceptors (Lipinski definition) is 3. The first-order valence-corrected chi connectivity index (χ1v) is 5.27. The van der Waals surface area contributed by atoms with Crippen LogP contribution in [0.15, 0.2) is 0 Å². The largest absolute Gasteiger partial charge is 0.377 e. The van der Waals surface area contributed by atoms with Crippen LogP contribution in [0.2, 0.25) is 0 Å². The fraction of sp³-hybridized carbons (Fsp3) is 1.00. The Morgan fingerprint density at radius 3 is 3.08 bits per heavy atom. The van der Waals surface area contributed by atoms with E-state index >= 15 is 0 Å². The van der Waals surface area contributed by atoms with Crippen molar-refractivity contribution in [3.8, 4) is 0 Å². The number of hydrogen-bond donors (Lipinski definition) is 1. The minimum atomic E-state index is 0.311. The van der Waals surface area contributed by atoms with E-state index < -0.39 is 0 Å². The molecule has 1 heterocycles. The third-order valence-electron chi connectivity index (χ3n) is 2.28. The smallest absolute Gasteiger partial charge is 0.0700 e. The van der Waals surface area contributed by atoms with Gasteiger partial charge in [-0.2, -0.15) is 0 Å². The molecule has 0 aromatic carbocycles. The lowest BCUT2D eigenvalue weighted by Crippen LogP contribution is -2.32. The Hall–Kier alpha value is -0.120. The molecule has 1 rings (SSSR count). The average molecular weight is 187 g/mol. The maximum atomic E-state index is 5.49. The second-order valence-electron chi connectivity index (χ2n) is 3.56. The number of nitrogens with one attached hydrogen (secondary N) is 1. The summed E-state index contributed by atoms with van der Waals surface area (Å²) in [5, 5.41) is 3.36. The van der Waals surface area contributed by atoms with Crippen LogP contribution < -0.4 is 5.32 Å². The molecule has 0 radical (unpaired) electrons. The molecule has 1 N–H and O–H groups in total. The van der Waals surface area contributed by atoms with Crippen molar-refractivity contribution >= 4 is 0 Å². The first-order chi connectivity index (χ1) is 6.33. The molecule has 2 unspecified atom stereocenters. The quantitative estimate of drug-likeness (QED) is 0.677. The van der Waals surface area contributed by atoms with Gasteiger partial charge in [-0.15, -0.1) is 0 Å². The summed E-state index contributed by atoms with van der Waals surface area (Å²) in [5.41, 5.74) is 0. The van der Waals surface area contributed by atoms with Crippen LogP contribution in [0.25, 0.3) is 0 Å². The van der Waals surface area contributed by atoms with Crippen LogP contribution in [0.1, 0.15) is 26.7 Å². The van der Waals surface area contributed by atoms with Crippen molar-refractivity contribution < 1.29 is 9.47 Å². The Morgan fingerprint density at radius 2 is 2.46 bits per heavy atom. The van der Waals surface area contributed by atoms with Crippen molar-refractivity contribution in [1.29, 1.82) is 0 Å². The van der Waals surface area contributed by atoms with Crippen molar-refractivity contribution in [3.05, 3.63) is 0 Å². The molecule has 1 saturated heterocycles. The van der Waals surface area contributed by atoms with E-state index in [4.69, 9.17) is 9.47 Å². The van der Waals surface area contributed by atoms with E-state index in [1.54, 1.807) is 0 Å². The Morgan fingerprint density at radius 1 is 1.62 bits per heavy atom. The van der Waals surface area contributed by atoms with Gasteiger partial charge < -0.3 is 14.8 Å². The summed E-state index contributed by atoms with van der Waals surface area (Å²) in [6.45, 7) is 7.74. The zero-order valence-corrected chi connectivity index (χ0v) is 8.71. The fourth-order valence-electron chi connectivity index (χ4n) is 1.60. The normalized spacial score (nSPS) is 24.9. The topological polar surface area (TPSA) is 30.5 Å². The molecule has 0 saturated carbocycles. The molecular formula is C10H21NO2. The highest BCUT2D eigenvalue weighted by Gasteiger charge is 2.14. The van der Waals surface area contributed by atoms with Gasteiger partial charge in [0.25, 0.3) is 0 Å². The van der Waals surface area contributed by atoms with Gasteiger partial charge >= 0.3 is 0 Å². The van der Waals surface area contributed by atoms with Crippen molar-refractivity contribution in [2.45, 2.75) is 38.9 Å². The van der Waals surface area contributed by atoms with Gasteiger partial charge in [-0.1, -0.05) is 0 Å². The Balaban J connectivity index is 1.93. The van der Waals surface area contributed by atoms with Gasteiger partial charge in [-0.05, 0) is 26.7 Å². The molecule has 0 aliphatic carbocycles. The van der Waals surface area contributed by atoms with E-state index in [0.717, 1.165) is 26.3 Å². The standard InChI is InChI=1S/C10H21NO2/c1-3-12-9(2)7-11-8-10-5-4-6-13-10/h9-11H,3-8H2,1-2H3. The van der Waals surface area contributed by atoms with Crippen LogP contribution >= 0.6 is 0 Å². The lowest BCUT2D eigenvalue weighted by atomic mass is 10.2. The summed E-state index contributed by atoms with van der Waals surface area (Å²) >= 11 is 0. The van der Waals surface area contributed by atoms with Gasteiger partial charge in [0.1, 0.15) is 0 Å². The molecule has 1 aliphatic rings. The minimum absolute atomic E-state index is 0.311. The van der Waals surface area contributed by atoms with Crippen LogP contribution in [-0.4, -0.2) is 38.5 Å². The summed E-state index contributed by atoms with van der Waals surface area (Å²) in [6, 6.07) is 0. The Labute approximate surface area is 80.8 Å². The SMILES string of the molecule is CCOC(C)CNCC1CCCO1. The summed E-state index contributed by atoms with van der Waals surface area (Å²) in [6.07, 6.45) is 3.17. The predicted octanol–water partition coefficient (Wildman–Crippen LogP) is 1.18. The van der Waals surface area contributed by atoms with Crippen molar-refractivity contribution in [2.24, 2.45) is 0 Å². The zero-order chi connectivity index (χ0) is 9.52. The van der Waals surface area contributed by atoms with Crippen molar-refractivity contribution in [3.63, 3.8) is 0 Å². The minimum Gasteiger partial charge on any atom is -0.377 e. The summed E-state index contributed by atoms with van der Waals surface area (Å²) in [7, 11) is 0. The van der Waals surface area contributed by atoms with Crippen LogP contribution in [-0.2, 0) is 9.47 Å². The van der Waals surface area contributed by atoms with Crippen LogP contribution in [0, 0.1) is 0 Å². The van der Waals surface area contributed by atoms with Gasteiger partial charge in [0.05, 0.1) is 12.2 Å². The van der Waals surface area contributed by atoms with E-state index in [0.29, 0.717) is 12.2 Å². The molecule has 3 nitrogen and oxygen atoms in total. The van der Waals surface area contributed by atoms with Crippen molar-refractivity contribution in [2.75, 3.05) is 26.3 Å². The lowest BCUT2D eigenvalue weighted by molar-refractivity contribution is 0.0683. The highest BCUT2D eigenvalue weighted by molar-refractivity contribution is 4.68. The molecule has 0 bridgehead atoms. The molecule has 2 atom stereocenters. The molecule has 0 aromatic rings. The highest BCUT2D eigenvalue weighted by Crippen LogP contribution is 2.10. The van der Waals surface area contributed by atoms with Gasteiger partial charge in [0.15, 0.2) is 0 Å². The fourth-order valence-corrected chi connectivity index (χ4v) is 1.60. The summed E-state index contributed by atoms with van der Waals surface area (Å²) in [4.78, 5) is 0. The second-order valence-corrected chi connectivity index (χ2v) is 3.56. The first-order valence-electron chi connectivity index (χ1n) is 5.27. The highest BCUT2D eigenvalue weighted by atomic mass is 16.5. The monoisotopic (exact) mass is 187 g/mol. The zero-order valence-electron chi connectivity index (χ0n) is 8.71.